The number of sulfone groups is 1. The average Bonchev–Trinajstić information content (AvgIpc) is 2.98. The maximum atomic E-state index is 12.4. The summed E-state index contributed by atoms with van der Waals surface area (Å²) in [6, 6.07) is 7.55. The molecule has 2 heterocycles. The number of rotatable bonds is 5. The molecule has 0 radical (unpaired) electrons. The number of carbonyl (C=O) groups excluding carboxylic acids is 1. The zero-order valence-electron chi connectivity index (χ0n) is 14.5. The second kappa shape index (κ2) is 7.13. The molecular weight excluding hydrogens is 340 g/mol. The number of hydrogen-bond acceptors (Lipinski definition) is 5. The molecule has 1 fully saturated rings. The largest absolute Gasteiger partial charge is 0.345 e. The number of hydrogen-bond donors (Lipinski definition) is 2. The number of carbonyl (C=O) groups is 1. The van der Waals surface area contributed by atoms with Crippen LogP contribution in [-0.4, -0.2) is 60.3 Å². The van der Waals surface area contributed by atoms with E-state index in [0.717, 1.165) is 16.9 Å². The van der Waals surface area contributed by atoms with E-state index >= 15 is 0 Å². The van der Waals surface area contributed by atoms with E-state index in [2.05, 4.69) is 15.3 Å². The minimum Gasteiger partial charge on any atom is -0.345 e. The number of amides is 1. The highest BCUT2D eigenvalue weighted by atomic mass is 32.2. The molecule has 8 heteroatoms. The lowest BCUT2D eigenvalue weighted by molar-refractivity contribution is -0.123. The lowest BCUT2D eigenvalue weighted by Gasteiger charge is -2.27. The Kier molecular flexibility index (Phi) is 5.10. The minimum absolute atomic E-state index is 0.113. The van der Waals surface area contributed by atoms with Crippen LogP contribution in [0.4, 0.5) is 0 Å². The fraction of sp³-hybridized carbons (Fsp3) is 0.529. The third kappa shape index (κ3) is 4.38. The Morgan fingerprint density at radius 2 is 1.96 bits per heavy atom. The summed E-state index contributed by atoms with van der Waals surface area (Å²) in [4.78, 5) is 22.2. The van der Waals surface area contributed by atoms with Gasteiger partial charge in [-0.3, -0.25) is 9.69 Å². The van der Waals surface area contributed by atoms with Crippen LogP contribution in [0.3, 0.4) is 0 Å². The Hall–Kier alpha value is -1.93. The summed E-state index contributed by atoms with van der Waals surface area (Å²) < 4.78 is 23.0. The van der Waals surface area contributed by atoms with E-state index in [4.69, 9.17) is 0 Å². The van der Waals surface area contributed by atoms with E-state index in [-0.39, 0.29) is 35.9 Å². The van der Waals surface area contributed by atoms with Crippen LogP contribution in [0.2, 0.25) is 0 Å². The number of fused-ring (bicyclic) bond motifs is 1. The number of benzene rings is 1. The van der Waals surface area contributed by atoms with Gasteiger partial charge in [-0.25, -0.2) is 13.4 Å². The maximum Gasteiger partial charge on any atom is 0.234 e. The van der Waals surface area contributed by atoms with Crippen molar-refractivity contribution in [2.24, 2.45) is 5.92 Å². The fourth-order valence-electron chi connectivity index (χ4n) is 3.00. The first kappa shape index (κ1) is 17.9. The summed E-state index contributed by atoms with van der Waals surface area (Å²) >= 11 is 0. The van der Waals surface area contributed by atoms with Gasteiger partial charge in [-0.05, 0) is 18.1 Å². The molecule has 136 valence electrons. The highest BCUT2D eigenvalue weighted by Gasteiger charge is 2.26. The van der Waals surface area contributed by atoms with Crippen molar-refractivity contribution in [1.82, 2.24) is 20.2 Å². The molecule has 25 heavy (non-hydrogen) atoms. The highest BCUT2D eigenvalue weighted by Crippen LogP contribution is 2.22. The molecule has 1 aliphatic heterocycles. The number of imidazole rings is 1. The van der Waals surface area contributed by atoms with Crippen molar-refractivity contribution in [3.63, 3.8) is 0 Å². The van der Waals surface area contributed by atoms with Crippen LogP contribution >= 0.6 is 0 Å². The van der Waals surface area contributed by atoms with Crippen LogP contribution in [-0.2, 0) is 14.6 Å². The van der Waals surface area contributed by atoms with Crippen molar-refractivity contribution >= 4 is 26.8 Å². The van der Waals surface area contributed by atoms with Crippen molar-refractivity contribution in [3.05, 3.63) is 30.1 Å². The van der Waals surface area contributed by atoms with E-state index in [1.807, 2.05) is 43.0 Å². The number of aromatic amines is 1. The molecule has 1 aromatic carbocycles. The van der Waals surface area contributed by atoms with Gasteiger partial charge in [-0.15, -0.1) is 0 Å². The van der Waals surface area contributed by atoms with Crippen LogP contribution in [0.1, 0.15) is 25.7 Å². The highest BCUT2D eigenvalue weighted by molar-refractivity contribution is 7.91. The van der Waals surface area contributed by atoms with Crippen molar-refractivity contribution in [3.8, 4) is 0 Å². The standard InChI is InChI=1S/C17H24N4O3S/c1-12(2)16(17-18-13-5-3-4-6-14(13)19-17)20-15(22)11-21-7-9-25(23,24)10-8-21/h3-6,12,16H,7-11H2,1-2H3,(H,18,19)(H,20,22). The van der Waals surface area contributed by atoms with Gasteiger partial charge in [-0.1, -0.05) is 26.0 Å². The third-order valence-electron chi connectivity index (χ3n) is 4.49. The molecule has 1 atom stereocenters. The number of para-hydroxylation sites is 2. The number of aromatic nitrogens is 2. The smallest absolute Gasteiger partial charge is 0.234 e. The summed E-state index contributed by atoms with van der Waals surface area (Å²) in [5.41, 5.74) is 1.82. The summed E-state index contributed by atoms with van der Waals surface area (Å²) in [6.45, 7) is 5.09. The minimum atomic E-state index is -2.93. The van der Waals surface area contributed by atoms with Gasteiger partial charge in [0, 0.05) is 13.1 Å². The monoisotopic (exact) mass is 364 g/mol. The van der Waals surface area contributed by atoms with E-state index in [0.29, 0.717) is 13.1 Å². The first-order chi connectivity index (χ1) is 11.8. The van der Waals surface area contributed by atoms with Gasteiger partial charge in [-0.2, -0.15) is 0 Å². The lowest BCUT2D eigenvalue weighted by atomic mass is 10.0. The van der Waals surface area contributed by atoms with Crippen molar-refractivity contribution in [2.45, 2.75) is 19.9 Å². The molecule has 2 aromatic rings. The number of H-pyrrole nitrogens is 1. The Morgan fingerprint density at radius 1 is 1.28 bits per heavy atom. The van der Waals surface area contributed by atoms with Gasteiger partial charge in [0.15, 0.2) is 9.84 Å². The van der Waals surface area contributed by atoms with E-state index in [9.17, 15) is 13.2 Å². The van der Waals surface area contributed by atoms with Gasteiger partial charge in [0.05, 0.1) is 35.1 Å². The molecule has 1 unspecified atom stereocenters. The van der Waals surface area contributed by atoms with Crippen molar-refractivity contribution < 1.29 is 13.2 Å². The molecule has 0 bridgehead atoms. The molecule has 1 aromatic heterocycles. The van der Waals surface area contributed by atoms with Crippen LogP contribution in [0, 0.1) is 5.92 Å². The summed E-state index contributed by atoms with van der Waals surface area (Å²) in [7, 11) is -2.93. The number of nitrogens with zero attached hydrogens (tertiary/aromatic N) is 2. The predicted octanol–water partition coefficient (Wildman–Crippen LogP) is 1.11. The second-order valence-corrected chi connectivity index (χ2v) is 9.16. The van der Waals surface area contributed by atoms with E-state index in [1.165, 1.54) is 0 Å². The third-order valence-corrected chi connectivity index (χ3v) is 6.10. The topological polar surface area (TPSA) is 95.2 Å². The lowest BCUT2D eigenvalue weighted by Crippen LogP contribution is -2.46. The Labute approximate surface area is 147 Å². The maximum absolute atomic E-state index is 12.4. The Bertz CT molecular complexity index is 813. The fourth-order valence-corrected chi connectivity index (χ4v) is 4.28. The molecule has 0 aliphatic carbocycles. The van der Waals surface area contributed by atoms with E-state index < -0.39 is 9.84 Å². The Morgan fingerprint density at radius 3 is 2.60 bits per heavy atom. The van der Waals surface area contributed by atoms with E-state index in [1.54, 1.807) is 0 Å². The van der Waals surface area contributed by atoms with Crippen molar-refractivity contribution in [1.29, 1.82) is 0 Å². The van der Waals surface area contributed by atoms with Crippen LogP contribution < -0.4 is 5.32 Å². The molecular formula is C17H24N4O3S. The molecule has 0 spiro atoms. The van der Waals surface area contributed by atoms with Crippen LogP contribution in [0.15, 0.2) is 24.3 Å². The molecule has 1 aliphatic rings. The normalized spacial score (nSPS) is 19.2. The van der Waals surface area contributed by atoms with Crippen LogP contribution in [0.25, 0.3) is 11.0 Å². The van der Waals surface area contributed by atoms with Crippen LogP contribution in [0.5, 0.6) is 0 Å². The summed E-state index contributed by atoms with van der Waals surface area (Å²) in [5.74, 6) is 1.05. The van der Waals surface area contributed by atoms with Gasteiger partial charge < -0.3 is 10.3 Å². The summed E-state index contributed by atoms with van der Waals surface area (Å²) in [5, 5.41) is 3.04. The van der Waals surface area contributed by atoms with Gasteiger partial charge in [0.1, 0.15) is 5.82 Å². The molecule has 3 rings (SSSR count). The van der Waals surface area contributed by atoms with Gasteiger partial charge in [0.25, 0.3) is 0 Å². The first-order valence-electron chi connectivity index (χ1n) is 8.51. The van der Waals surface area contributed by atoms with Gasteiger partial charge in [0.2, 0.25) is 5.91 Å². The SMILES string of the molecule is CC(C)C(NC(=O)CN1CCS(=O)(=O)CC1)c1nc2ccccc2[nH]1. The zero-order valence-corrected chi connectivity index (χ0v) is 15.3. The van der Waals surface area contributed by atoms with Gasteiger partial charge >= 0.3 is 0 Å². The molecule has 1 saturated heterocycles. The Balaban J connectivity index is 1.66. The molecule has 0 saturated carbocycles. The molecule has 7 nitrogen and oxygen atoms in total. The van der Waals surface area contributed by atoms with Crippen molar-refractivity contribution in [2.75, 3.05) is 31.1 Å². The zero-order chi connectivity index (χ0) is 18.0. The molecule has 2 N–H and O–H groups in total. The number of nitrogens with one attached hydrogen (secondary N) is 2. The summed E-state index contributed by atoms with van der Waals surface area (Å²) in [6.07, 6.45) is 0. The second-order valence-electron chi connectivity index (χ2n) is 6.86. The quantitative estimate of drug-likeness (QED) is 0.829. The average molecular weight is 364 g/mol. The molecule has 1 amide bonds. The first-order valence-corrected chi connectivity index (χ1v) is 10.3. The predicted molar refractivity (Wildman–Crippen MR) is 96.9 cm³/mol.